The van der Waals surface area contributed by atoms with E-state index in [0.29, 0.717) is 5.57 Å². The van der Waals surface area contributed by atoms with Crippen LogP contribution in [0, 0.1) is 5.92 Å². The average molecular weight is 422 g/mol. The first-order valence-electron chi connectivity index (χ1n) is 9.78. The van der Waals surface area contributed by atoms with Crippen molar-refractivity contribution in [1.82, 2.24) is 0 Å². The van der Waals surface area contributed by atoms with E-state index in [2.05, 4.69) is 6.58 Å². The minimum absolute atomic E-state index is 0.0182. The predicted molar refractivity (Wildman–Crippen MR) is 101 cm³/mol. The molecule has 2 heterocycles. The standard InChI is InChI=1S/C21H26O9/c1-9(2)19(25)28-14-6-10(3)16(24)13(23)7-21(5)18(30-21)17-15(14)12(20(26)29-17)8-27-11(4)22/h10,13-14,17-18,23H,1,6-8H2,2-5H3. The Morgan fingerprint density at radius 1 is 1.30 bits per heavy atom. The van der Waals surface area contributed by atoms with E-state index < -0.39 is 59.6 Å². The lowest BCUT2D eigenvalue weighted by Gasteiger charge is -2.28. The third-order valence-corrected chi connectivity index (χ3v) is 5.70. The molecule has 1 saturated heterocycles. The fourth-order valence-electron chi connectivity index (χ4n) is 3.98. The van der Waals surface area contributed by atoms with Crippen molar-refractivity contribution in [2.75, 3.05) is 6.61 Å². The Morgan fingerprint density at radius 3 is 2.57 bits per heavy atom. The van der Waals surface area contributed by atoms with Crippen LogP contribution in [0.3, 0.4) is 0 Å². The maximum Gasteiger partial charge on any atom is 0.338 e. The number of carbonyl (C=O) groups is 4. The highest BCUT2D eigenvalue weighted by molar-refractivity contribution is 5.94. The van der Waals surface area contributed by atoms with Gasteiger partial charge in [-0.15, -0.1) is 0 Å². The first-order valence-corrected chi connectivity index (χ1v) is 9.78. The van der Waals surface area contributed by atoms with Gasteiger partial charge in [0, 0.05) is 30.4 Å². The lowest BCUT2D eigenvalue weighted by atomic mass is 9.82. The third kappa shape index (κ3) is 4.17. The van der Waals surface area contributed by atoms with Gasteiger partial charge in [0.2, 0.25) is 0 Å². The molecule has 0 radical (unpaired) electrons. The Morgan fingerprint density at radius 2 is 1.97 bits per heavy atom. The molecule has 9 nitrogen and oxygen atoms in total. The van der Waals surface area contributed by atoms with Crippen LogP contribution in [0.15, 0.2) is 23.3 Å². The molecule has 6 unspecified atom stereocenters. The van der Waals surface area contributed by atoms with Crippen LogP contribution in [0.2, 0.25) is 0 Å². The number of ether oxygens (including phenoxy) is 4. The number of rotatable bonds is 4. The minimum Gasteiger partial charge on any atom is -0.461 e. The molecule has 3 rings (SSSR count). The van der Waals surface area contributed by atoms with E-state index in [0.717, 1.165) is 0 Å². The van der Waals surface area contributed by atoms with Crippen molar-refractivity contribution in [3.05, 3.63) is 23.3 Å². The number of aliphatic hydroxyl groups is 1. The molecule has 0 aromatic rings. The van der Waals surface area contributed by atoms with Gasteiger partial charge in [-0.25, -0.2) is 9.59 Å². The molecule has 1 aliphatic carbocycles. The van der Waals surface area contributed by atoms with Gasteiger partial charge < -0.3 is 24.1 Å². The highest BCUT2D eigenvalue weighted by Crippen LogP contribution is 2.49. The largest absolute Gasteiger partial charge is 0.461 e. The monoisotopic (exact) mass is 422 g/mol. The second kappa shape index (κ2) is 7.96. The quantitative estimate of drug-likeness (QED) is 0.302. The van der Waals surface area contributed by atoms with E-state index in [1.807, 2.05) is 0 Å². The van der Waals surface area contributed by atoms with Gasteiger partial charge in [0.1, 0.15) is 24.9 Å². The van der Waals surface area contributed by atoms with Gasteiger partial charge in [-0.3, -0.25) is 9.59 Å². The van der Waals surface area contributed by atoms with Crippen molar-refractivity contribution in [3.63, 3.8) is 0 Å². The van der Waals surface area contributed by atoms with Crippen LogP contribution < -0.4 is 0 Å². The summed E-state index contributed by atoms with van der Waals surface area (Å²) >= 11 is 0. The van der Waals surface area contributed by atoms with E-state index in [-0.39, 0.29) is 30.6 Å². The number of carbonyl (C=O) groups excluding carboxylic acids is 4. The number of aliphatic hydroxyl groups excluding tert-OH is 1. The summed E-state index contributed by atoms with van der Waals surface area (Å²) in [5.74, 6) is -3.08. The van der Waals surface area contributed by atoms with Crippen LogP contribution in [-0.2, 0) is 38.1 Å². The topological polar surface area (TPSA) is 129 Å². The first-order chi connectivity index (χ1) is 13.9. The zero-order valence-electron chi connectivity index (χ0n) is 17.4. The van der Waals surface area contributed by atoms with E-state index in [1.165, 1.54) is 13.8 Å². The van der Waals surface area contributed by atoms with E-state index >= 15 is 0 Å². The maximum atomic E-state index is 12.6. The molecule has 0 bridgehead atoms. The summed E-state index contributed by atoms with van der Waals surface area (Å²) < 4.78 is 21.8. The zero-order chi connectivity index (χ0) is 22.4. The highest BCUT2D eigenvalue weighted by atomic mass is 16.7. The molecular weight excluding hydrogens is 396 g/mol. The van der Waals surface area contributed by atoms with E-state index in [1.54, 1.807) is 13.8 Å². The molecule has 0 amide bonds. The number of Topliss-reactive ketones (excluding diaryl/α,β-unsaturated/α-hetero) is 1. The Hall–Kier alpha value is -2.52. The smallest absolute Gasteiger partial charge is 0.338 e. The number of hydrogen-bond donors (Lipinski definition) is 1. The van der Waals surface area contributed by atoms with Crippen molar-refractivity contribution >= 4 is 23.7 Å². The Balaban J connectivity index is 2.07. The first kappa shape index (κ1) is 22.2. The summed E-state index contributed by atoms with van der Waals surface area (Å²) in [7, 11) is 0. The summed E-state index contributed by atoms with van der Waals surface area (Å²) in [5.41, 5.74) is -0.362. The maximum absolute atomic E-state index is 12.6. The molecule has 164 valence electrons. The molecule has 3 aliphatic rings. The highest BCUT2D eigenvalue weighted by Gasteiger charge is 2.63. The van der Waals surface area contributed by atoms with Crippen molar-refractivity contribution in [1.29, 1.82) is 0 Å². The van der Waals surface area contributed by atoms with Crippen LogP contribution >= 0.6 is 0 Å². The van der Waals surface area contributed by atoms with Gasteiger partial charge in [0.05, 0.1) is 11.2 Å². The summed E-state index contributed by atoms with van der Waals surface area (Å²) in [6.45, 7) is 9.22. The number of epoxide rings is 1. The predicted octanol–water partition coefficient (Wildman–Crippen LogP) is 0.777. The fourth-order valence-corrected chi connectivity index (χ4v) is 3.98. The number of fused-ring (bicyclic) bond motifs is 3. The molecular formula is C21H26O9. The Labute approximate surface area is 174 Å². The molecule has 2 aliphatic heterocycles. The Kier molecular flexibility index (Phi) is 5.88. The van der Waals surface area contributed by atoms with Crippen molar-refractivity contribution in [2.45, 2.75) is 70.6 Å². The molecule has 0 aromatic heterocycles. The second-order valence-corrected chi connectivity index (χ2v) is 8.32. The molecule has 9 heteroatoms. The molecule has 0 aromatic carbocycles. The molecule has 0 spiro atoms. The van der Waals surface area contributed by atoms with E-state index in [4.69, 9.17) is 18.9 Å². The lowest BCUT2D eigenvalue weighted by molar-refractivity contribution is -0.146. The van der Waals surface area contributed by atoms with E-state index in [9.17, 15) is 24.3 Å². The summed E-state index contributed by atoms with van der Waals surface area (Å²) in [5, 5.41) is 10.3. The second-order valence-electron chi connectivity index (χ2n) is 8.32. The van der Waals surface area contributed by atoms with Crippen LogP contribution in [0.5, 0.6) is 0 Å². The van der Waals surface area contributed by atoms with Gasteiger partial charge in [0.25, 0.3) is 0 Å². The molecule has 1 saturated carbocycles. The normalized spacial score (nSPS) is 35.7. The summed E-state index contributed by atoms with van der Waals surface area (Å²) in [6, 6.07) is 0. The summed E-state index contributed by atoms with van der Waals surface area (Å²) in [6.07, 6.45) is -3.72. The van der Waals surface area contributed by atoms with Gasteiger partial charge in [-0.1, -0.05) is 13.5 Å². The Bertz CT molecular complexity index is 841. The van der Waals surface area contributed by atoms with Crippen molar-refractivity contribution in [2.24, 2.45) is 5.92 Å². The zero-order valence-corrected chi connectivity index (χ0v) is 17.4. The average Bonchev–Trinajstić information content (AvgIpc) is 3.19. The van der Waals surface area contributed by atoms with Crippen molar-refractivity contribution in [3.8, 4) is 0 Å². The number of ketones is 1. The molecule has 6 atom stereocenters. The van der Waals surface area contributed by atoms with Crippen LogP contribution in [-0.4, -0.2) is 65.4 Å². The van der Waals surface area contributed by atoms with Gasteiger partial charge in [-0.2, -0.15) is 0 Å². The fraction of sp³-hybridized carbons (Fsp3) is 0.619. The van der Waals surface area contributed by atoms with Crippen LogP contribution in [0.1, 0.15) is 40.5 Å². The molecule has 2 fully saturated rings. The lowest BCUT2D eigenvalue weighted by Crippen LogP contribution is -2.40. The van der Waals surface area contributed by atoms with Gasteiger partial charge in [-0.05, 0) is 20.3 Å². The van der Waals surface area contributed by atoms with Crippen LogP contribution in [0.25, 0.3) is 0 Å². The summed E-state index contributed by atoms with van der Waals surface area (Å²) in [4.78, 5) is 48.8. The van der Waals surface area contributed by atoms with Crippen molar-refractivity contribution < 1.29 is 43.2 Å². The number of esters is 3. The van der Waals surface area contributed by atoms with Crippen LogP contribution in [0.4, 0.5) is 0 Å². The molecule has 1 N–H and O–H groups in total. The minimum atomic E-state index is -1.25. The van der Waals surface area contributed by atoms with Gasteiger partial charge in [0.15, 0.2) is 11.9 Å². The SMILES string of the molecule is C=C(C)C(=O)OC1CC(C)C(=O)C(O)CC2(C)OC2C2OC(=O)C(COC(C)=O)=C12. The van der Waals surface area contributed by atoms with Gasteiger partial charge >= 0.3 is 17.9 Å². The third-order valence-electron chi connectivity index (χ3n) is 5.70. The molecule has 30 heavy (non-hydrogen) atoms. The number of hydrogen-bond acceptors (Lipinski definition) is 9.